The number of imidazole rings is 2. The molecule has 2 aromatic carbocycles. The summed E-state index contributed by atoms with van der Waals surface area (Å²) in [6.07, 6.45) is 8.21. The van der Waals surface area contributed by atoms with Gasteiger partial charge in [0.2, 0.25) is 11.6 Å². The number of allylic oxidation sites excluding steroid dienone is 1. The highest BCUT2D eigenvalue weighted by atomic mass is 16.2. The Labute approximate surface area is 469 Å². The first-order chi connectivity index (χ1) is 38.2. The molecule has 2 fully saturated rings. The van der Waals surface area contributed by atoms with E-state index in [0.29, 0.717) is 77.9 Å². The molecule has 8 rings (SSSR count). The number of nitrogens with one attached hydrogen (secondary N) is 2. The average Bonchev–Trinajstić information content (AvgIpc) is 4.44. The van der Waals surface area contributed by atoms with E-state index in [4.69, 9.17) is 35.0 Å². The molecule has 6 aromatic rings. The van der Waals surface area contributed by atoms with Crippen LogP contribution in [0.5, 0.6) is 0 Å². The number of likely N-dealkylation sites (tertiary alicyclic amines) is 2. The Morgan fingerprint density at radius 2 is 1.09 bits per heavy atom. The number of nitriles is 1. The number of aryl methyl sites for hydroxylation is 2. The Morgan fingerprint density at radius 3 is 1.43 bits per heavy atom. The summed E-state index contributed by atoms with van der Waals surface area (Å²) in [5.41, 5.74) is 15.1. The quantitative estimate of drug-likeness (QED) is 0.0312. The van der Waals surface area contributed by atoms with Crippen molar-refractivity contribution in [3.8, 4) is 28.6 Å². The van der Waals surface area contributed by atoms with Gasteiger partial charge in [-0.2, -0.15) is 5.26 Å². The molecule has 0 aliphatic carbocycles. The molecule has 23 nitrogen and oxygen atoms in total. The summed E-state index contributed by atoms with van der Waals surface area (Å²) in [5.74, 6) is 11.0. The molecule has 81 heavy (non-hydrogen) atoms. The lowest BCUT2D eigenvalue weighted by Crippen LogP contribution is -2.34. The van der Waals surface area contributed by atoms with Crippen LogP contribution < -0.4 is 33.8 Å². The number of nitrogen functional groups attached to an aromatic ring is 2. The molecule has 0 spiro atoms. The van der Waals surface area contributed by atoms with Crippen LogP contribution in [0.4, 0.5) is 11.6 Å². The van der Waals surface area contributed by atoms with Gasteiger partial charge in [0.05, 0.1) is 24.7 Å². The highest BCUT2D eigenvalue weighted by molar-refractivity contribution is 6.05. The SMILES string of the molecule is CC(C)(C)C=O.Cc1ccc(NC(=O)c2ccc(-c3nc([C@@H]4CCCN4C(=O)CC#N)n(N)c3C(N)=O)cc2)nc1.[C-]#[N+]/C(=C\C(C)(C)C)C(=O)N1CCC[C@H]1c1nc(-c2ccc(C(=O)Nc3ccc(C)cn3)cc2)c(C(N)=O)n1N. The van der Waals surface area contributed by atoms with E-state index < -0.39 is 29.8 Å². The maximum absolute atomic E-state index is 13.3. The number of aromatic nitrogens is 6. The first-order valence-electron chi connectivity index (χ1n) is 25.8. The standard InChI is InChI=1S/C29H32N8O3.C24H24N8O3.C5H10O/c1-17-8-13-22(33-16-17)34-27(39)19-11-9-18(10-12-19)23-24(25(30)38)37(31)26(35-23)21-7-6-14-36(21)28(40)20(32-5)15-29(2,3)4;1-14-4-9-18(28-13-14)29-24(35)16-7-5-15(6-8-16)20-21(22(26)34)32(27)23(30-20)17-3-2-12-31(17)19(33)10-11-25;1-5(2,3)4-6/h8-13,15-16,21H,6-7,14,31H2,1-4H3,(H2,30,38)(H,33,34,39);4-9,13,17H,2-3,10,12,27H2,1H3,(H2,26,34)(H,28,29,35);4H,1-3H3/b20-15-;;/t21-;17-;/m00./s1. The summed E-state index contributed by atoms with van der Waals surface area (Å²) in [5, 5.41) is 14.4. The Balaban J connectivity index is 0.000000239. The normalized spacial score (nSPS) is 15.0. The van der Waals surface area contributed by atoms with E-state index in [1.165, 1.54) is 0 Å². The maximum atomic E-state index is 13.3. The van der Waals surface area contributed by atoms with Gasteiger partial charge in [-0.05, 0) is 92.5 Å². The fourth-order valence-corrected chi connectivity index (χ4v) is 8.74. The van der Waals surface area contributed by atoms with Crippen molar-refractivity contribution >= 4 is 53.4 Å². The molecule has 0 bridgehead atoms. The molecular weight excluding hydrogens is 1030 g/mol. The second-order valence-corrected chi connectivity index (χ2v) is 21.5. The lowest BCUT2D eigenvalue weighted by Gasteiger charge is -2.25. The van der Waals surface area contributed by atoms with Crippen LogP contribution in [-0.4, -0.2) is 93.9 Å². The van der Waals surface area contributed by atoms with Crippen LogP contribution in [0.1, 0.15) is 150 Å². The number of carbonyl (C=O) groups excluding carboxylic acids is 7. The van der Waals surface area contributed by atoms with Crippen molar-refractivity contribution in [3.63, 3.8) is 0 Å². The first-order valence-corrected chi connectivity index (χ1v) is 25.8. The summed E-state index contributed by atoms with van der Waals surface area (Å²) >= 11 is 0. The molecular formula is C58H66N16O7. The fourth-order valence-electron chi connectivity index (χ4n) is 8.74. The number of primary amides is 2. The van der Waals surface area contributed by atoms with Crippen molar-refractivity contribution in [3.05, 3.63) is 154 Å². The van der Waals surface area contributed by atoms with Crippen LogP contribution in [0.2, 0.25) is 0 Å². The van der Waals surface area contributed by atoms with Gasteiger partial charge in [0, 0.05) is 53.2 Å². The molecule has 6 heterocycles. The van der Waals surface area contributed by atoms with E-state index in [0.717, 1.165) is 33.2 Å². The number of hydrogen-bond acceptors (Lipinski definition) is 14. The third kappa shape index (κ3) is 15.0. The van der Waals surface area contributed by atoms with Crippen LogP contribution in [0, 0.1) is 42.6 Å². The minimum atomic E-state index is -0.783. The number of aldehydes is 1. The fraction of sp³-hybridized carbons (Fsp3) is 0.328. The predicted octanol–water partition coefficient (Wildman–Crippen LogP) is 6.96. The molecule has 2 aliphatic rings. The number of pyridine rings is 2. The van der Waals surface area contributed by atoms with Gasteiger partial charge in [0.15, 0.2) is 23.0 Å². The van der Waals surface area contributed by atoms with E-state index in [1.54, 1.807) is 88.9 Å². The van der Waals surface area contributed by atoms with E-state index in [1.807, 2.05) is 73.6 Å². The van der Waals surface area contributed by atoms with Gasteiger partial charge in [0.1, 0.15) is 35.7 Å². The largest absolute Gasteiger partial charge is 0.364 e. The van der Waals surface area contributed by atoms with Crippen LogP contribution in [0.3, 0.4) is 0 Å². The van der Waals surface area contributed by atoms with E-state index >= 15 is 0 Å². The predicted molar refractivity (Wildman–Crippen MR) is 304 cm³/mol. The zero-order valence-electron chi connectivity index (χ0n) is 46.5. The van der Waals surface area contributed by atoms with Crippen LogP contribution in [0.15, 0.2) is 97.0 Å². The zero-order valence-corrected chi connectivity index (χ0v) is 46.5. The molecule has 420 valence electrons. The van der Waals surface area contributed by atoms with Crippen LogP contribution >= 0.6 is 0 Å². The van der Waals surface area contributed by atoms with Crippen molar-refractivity contribution < 1.29 is 33.6 Å². The van der Waals surface area contributed by atoms with Crippen molar-refractivity contribution in [1.82, 2.24) is 39.1 Å². The molecule has 6 amide bonds. The summed E-state index contributed by atoms with van der Waals surface area (Å²) in [4.78, 5) is 110. The van der Waals surface area contributed by atoms with Gasteiger partial charge in [-0.3, -0.25) is 28.8 Å². The molecule has 2 aliphatic heterocycles. The van der Waals surface area contributed by atoms with E-state index in [-0.39, 0.29) is 63.4 Å². The van der Waals surface area contributed by atoms with Gasteiger partial charge in [-0.15, -0.1) is 0 Å². The molecule has 23 heteroatoms. The van der Waals surface area contributed by atoms with Crippen LogP contribution in [0.25, 0.3) is 27.4 Å². The molecule has 0 saturated carbocycles. The second kappa shape index (κ2) is 25.6. The summed E-state index contributed by atoms with van der Waals surface area (Å²) in [6, 6.07) is 20.9. The number of hydrogen-bond donors (Lipinski definition) is 6. The number of amides is 6. The van der Waals surface area contributed by atoms with Crippen molar-refractivity contribution in [2.75, 3.05) is 35.4 Å². The molecule has 2 atom stereocenters. The lowest BCUT2D eigenvalue weighted by molar-refractivity contribution is -0.131. The smallest absolute Gasteiger partial charge is 0.269 e. The van der Waals surface area contributed by atoms with E-state index in [9.17, 15) is 33.6 Å². The Kier molecular flexibility index (Phi) is 19.0. The van der Waals surface area contributed by atoms with Gasteiger partial charge in [0.25, 0.3) is 29.5 Å². The minimum Gasteiger partial charge on any atom is -0.364 e. The van der Waals surface area contributed by atoms with Crippen molar-refractivity contribution in [2.45, 2.75) is 99.6 Å². The van der Waals surface area contributed by atoms with Gasteiger partial charge in [-0.25, -0.2) is 34.1 Å². The molecule has 0 radical (unpaired) electrons. The van der Waals surface area contributed by atoms with Crippen LogP contribution in [-0.2, 0) is 14.4 Å². The lowest BCUT2D eigenvalue weighted by atomic mass is 9.95. The average molecular weight is 1100 g/mol. The highest BCUT2D eigenvalue weighted by Gasteiger charge is 2.38. The van der Waals surface area contributed by atoms with Crippen molar-refractivity contribution in [1.29, 1.82) is 5.26 Å². The number of nitrogens with zero attached hydrogens (tertiary/aromatic N) is 10. The Bertz CT molecular complexity index is 3450. The van der Waals surface area contributed by atoms with E-state index in [2.05, 4.69) is 35.4 Å². The summed E-state index contributed by atoms with van der Waals surface area (Å²) < 4.78 is 2.24. The molecule has 10 N–H and O–H groups in total. The topological polar surface area (TPSA) is 344 Å². The Morgan fingerprint density at radius 1 is 0.679 bits per heavy atom. The summed E-state index contributed by atoms with van der Waals surface area (Å²) in [7, 11) is 0. The monoisotopic (exact) mass is 1100 g/mol. The number of carbonyl (C=O) groups is 7. The van der Waals surface area contributed by atoms with Gasteiger partial charge in [-0.1, -0.05) is 84.0 Å². The van der Waals surface area contributed by atoms with Gasteiger partial charge < -0.3 is 48.4 Å². The number of rotatable bonds is 12. The maximum Gasteiger partial charge on any atom is 0.269 e. The minimum absolute atomic E-state index is 0.0133. The summed E-state index contributed by atoms with van der Waals surface area (Å²) in [6.45, 7) is 23.6. The number of nitrogens with two attached hydrogens (primary N) is 4. The third-order valence-electron chi connectivity index (χ3n) is 12.7. The zero-order chi connectivity index (χ0) is 59.5. The van der Waals surface area contributed by atoms with Crippen molar-refractivity contribution in [2.24, 2.45) is 22.3 Å². The third-order valence-corrected chi connectivity index (χ3v) is 12.7. The highest BCUT2D eigenvalue weighted by Crippen LogP contribution is 2.37. The second-order valence-electron chi connectivity index (χ2n) is 21.5. The molecule has 0 unspecified atom stereocenters. The van der Waals surface area contributed by atoms with Gasteiger partial charge >= 0.3 is 0 Å². The number of anilines is 2. The first kappa shape index (κ1) is 60.2. The molecule has 4 aromatic heterocycles. The Hall–Kier alpha value is -10.0. The molecule has 2 saturated heterocycles. The number of benzene rings is 2.